The van der Waals surface area contributed by atoms with E-state index < -0.39 is 0 Å². The number of ether oxygens (including phenoxy) is 2. The van der Waals surface area contributed by atoms with Crippen molar-refractivity contribution in [2.75, 3.05) is 40.4 Å². The molecule has 2 aromatic rings. The molecule has 2 amide bonds. The summed E-state index contributed by atoms with van der Waals surface area (Å²) in [4.78, 5) is 29.0. The Hall–Kier alpha value is -3.03. The minimum Gasteiger partial charge on any atom is -0.497 e. The third kappa shape index (κ3) is 4.70. The van der Waals surface area contributed by atoms with Gasteiger partial charge in [0.25, 0.3) is 5.91 Å². The fraction of sp³-hybridized carbons (Fsp3) is 0.476. The fourth-order valence-electron chi connectivity index (χ4n) is 3.57. The van der Waals surface area contributed by atoms with Crippen molar-refractivity contribution in [2.24, 2.45) is 0 Å². The van der Waals surface area contributed by atoms with Gasteiger partial charge in [-0.2, -0.15) is 5.10 Å². The van der Waals surface area contributed by atoms with E-state index in [-0.39, 0.29) is 11.8 Å². The Kier molecular flexibility index (Phi) is 6.41. The third-order valence-electron chi connectivity index (χ3n) is 5.20. The van der Waals surface area contributed by atoms with Crippen molar-refractivity contribution in [3.63, 3.8) is 0 Å². The summed E-state index contributed by atoms with van der Waals surface area (Å²) in [6.45, 7) is 6.56. The lowest BCUT2D eigenvalue weighted by atomic mass is 10.1. The highest BCUT2D eigenvalue weighted by atomic mass is 16.5. The van der Waals surface area contributed by atoms with Crippen molar-refractivity contribution in [3.8, 4) is 11.5 Å². The summed E-state index contributed by atoms with van der Waals surface area (Å²) in [6, 6.07) is 7.16. The minimum absolute atomic E-state index is 0.0895. The quantitative estimate of drug-likeness (QED) is 0.740. The van der Waals surface area contributed by atoms with E-state index in [1.807, 2.05) is 29.5 Å². The van der Waals surface area contributed by atoms with E-state index in [1.165, 1.54) is 7.11 Å². The molecule has 0 unspecified atom stereocenters. The lowest BCUT2D eigenvalue weighted by Crippen LogP contribution is -2.50. The zero-order valence-corrected chi connectivity index (χ0v) is 17.5. The predicted octanol–water partition coefficient (Wildman–Crippen LogP) is 1.89. The summed E-state index contributed by atoms with van der Waals surface area (Å²) in [5, 5.41) is 4.40. The molecule has 1 aromatic carbocycles. The van der Waals surface area contributed by atoms with Crippen molar-refractivity contribution in [3.05, 3.63) is 41.2 Å². The Labute approximate surface area is 171 Å². The van der Waals surface area contributed by atoms with Gasteiger partial charge in [0.2, 0.25) is 5.91 Å². The average Bonchev–Trinajstić information content (AvgIpc) is 3.07. The van der Waals surface area contributed by atoms with Gasteiger partial charge in [0.1, 0.15) is 11.5 Å². The van der Waals surface area contributed by atoms with Crippen LogP contribution < -0.4 is 9.47 Å². The van der Waals surface area contributed by atoms with Crippen LogP contribution in [0.3, 0.4) is 0 Å². The number of hydrogen-bond acceptors (Lipinski definition) is 5. The van der Waals surface area contributed by atoms with Crippen LogP contribution in [0.1, 0.15) is 28.2 Å². The number of rotatable bonds is 6. The maximum Gasteiger partial charge on any atom is 0.257 e. The van der Waals surface area contributed by atoms with E-state index in [0.717, 1.165) is 11.4 Å². The maximum absolute atomic E-state index is 12.9. The monoisotopic (exact) mass is 400 g/mol. The maximum atomic E-state index is 12.9. The fourth-order valence-corrected chi connectivity index (χ4v) is 3.57. The number of carbonyl (C=O) groups excluding carboxylic acids is 2. The normalized spacial score (nSPS) is 14.1. The number of carbonyl (C=O) groups is 2. The summed E-state index contributed by atoms with van der Waals surface area (Å²) < 4.78 is 12.4. The molecule has 0 spiro atoms. The topological polar surface area (TPSA) is 76.9 Å². The Balaban J connectivity index is 1.55. The summed E-state index contributed by atoms with van der Waals surface area (Å²) in [6.07, 6.45) is 0.405. The van der Waals surface area contributed by atoms with E-state index >= 15 is 0 Å². The molecular weight excluding hydrogens is 372 g/mol. The van der Waals surface area contributed by atoms with Gasteiger partial charge >= 0.3 is 0 Å². The SMILES string of the molecule is COc1ccc(C(=O)N2CCN(C(=O)CCn3nc(C)cc3C)CC2)c(OC)c1. The molecule has 156 valence electrons. The van der Waals surface area contributed by atoms with Crippen LogP contribution >= 0.6 is 0 Å². The largest absolute Gasteiger partial charge is 0.497 e. The first kappa shape index (κ1) is 20.7. The first-order valence-corrected chi connectivity index (χ1v) is 9.73. The number of aromatic nitrogens is 2. The molecule has 0 aliphatic carbocycles. The molecule has 0 atom stereocenters. The Morgan fingerprint density at radius 2 is 1.69 bits per heavy atom. The molecule has 3 rings (SSSR count). The van der Waals surface area contributed by atoms with E-state index in [0.29, 0.717) is 56.2 Å². The standard InChI is InChI=1S/C21H28N4O4/c1-15-13-16(2)25(22-15)8-7-20(26)23-9-11-24(12-10-23)21(27)18-6-5-17(28-3)14-19(18)29-4/h5-6,13-14H,7-12H2,1-4H3. The van der Waals surface area contributed by atoms with Gasteiger partial charge in [-0.1, -0.05) is 0 Å². The lowest BCUT2D eigenvalue weighted by molar-refractivity contribution is -0.132. The van der Waals surface area contributed by atoms with Gasteiger partial charge in [-0.05, 0) is 32.0 Å². The number of amides is 2. The van der Waals surface area contributed by atoms with Crippen molar-refractivity contribution < 1.29 is 19.1 Å². The number of hydrogen-bond donors (Lipinski definition) is 0. The van der Waals surface area contributed by atoms with Crippen LogP contribution in [0, 0.1) is 13.8 Å². The summed E-state index contributed by atoms with van der Waals surface area (Å²) in [5.74, 6) is 1.11. The number of methoxy groups -OCH3 is 2. The second-order valence-electron chi connectivity index (χ2n) is 7.14. The second kappa shape index (κ2) is 8.98. The third-order valence-corrected chi connectivity index (χ3v) is 5.20. The average molecular weight is 400 g/mol. The summed E-state index contributed by atoms with van der Waals surface area (Å²) >= 11 is 0. The first-order chi connectivity index (χ1) is 13.9. The molecule has 1 aliphatic rings. The first-order valence-electron chi connectivity index (χ1n) is 9.73. The number of aryl methyl sites for hydroxylation is 3. The molecule has 8 heteroatoms. The van der Waals surface area contributed by atoms with Gasteiger partial charge in [-0.3, -0.25) is 14.3 Å². The highest BCUT2D eigenvalue weighted by Gasteiger charge is 2.26. The van der Waals surface area contributed by atoms with Gasteiger partial charge in [0.05, 0.1) is 25.5 Å². The van der Waals surface area contributed by atoms with Crippen LogP contribution in [-0.4, -0.2) is 71.8 Å². The molecule has 8 nitrogen and oxygen atoms in total. The summed E-state index contributed by atoms with van der Waals surface area (Å²) in [7, 11) is 3.10. The Bertz CT molecular complexity index is 885. The zero-order chi connectivity index (χ0) is 21.0. The molecule has 1 aromatic heterocycles. The molecular formula is C21H28N4O4. The van der Waals surface area contributed by atoms with Crippen molar-refractivity contribution in [1.82, 2.24) is 19.6 Å². The van der Waals surface area contributed by atoms with Gasteiger partial charge in [-0.15, -0.1) is 0 Å². The zero-order valence-electron chi connectivity index (χ0n) is 17.5. The highest BCUT2D eigenvalue weighted by Crippen LogP contribution is 2.26. The molecule has 0 bridgehead atoms. The Morgan fingerprint density at radius 1 is 1.00 bits per heavy atom. The van der Waals surface area contributed by atoms with Gasteiger partial charge in [0, 0.05) is 50.9 Å². The van der Waals surface area contributed by atoms with Crippen LogP contribution in [0.2, 0.25) is 0 Å². The summed E-state index contributed by atoms with van der Waals surface area (Å²) in [5.41, 5.74) is 2.51. The Morgan fingerprint density at radius 3 is 2.28 bits per heavy atom. The molecule has 0 N–H and O–H groups in total. The van der Waals surface area contributed by atoms with E-state index in [2.05, 4.69) is 5.10 Å². The van der Waals surface area contributed by atoms with E-state index in [4.69, 9.17) is 9.47 Å². The van der Waals surface area contributed by atoms with E-state index in [1.54, 1.807) is 30.2 Å². The van der Waals surface area contributed by atoms with Crippen molar-refractivity contribution in [1.29, 1.82) is 0 Å². The van der Waals surface area contributed by atoms with Gasteiger partial charge in [-0.25, -0.2) is 0 Å². The molecule has 1 saturated heterocycles. The minimum atomic E-state index is -0.0979. The predicted molar refractivity (Wildman–Crippen MR) is 108 cm³/mol. The number of piperazine rings is 1. The van der Waals surface area contributed by atoms with Crippen molar-refractivity contribution in [2.45, 2.75) is 26.8 Å². The lowest BCUT2D eigenvalue weighted by Gasteiger charge is -2.35. The molecule has 0 saturated carbocycles. The smallest absolute Gasteiger partial charge is 0.257 e. The van der Waals surface area contributed by atoms with Crippen molar-refractivity contribution >= 4 is 11.8 Å². The van der Waals surface area contributed by atoms with Crippen LogP contribution in [0.5, 0.6) is 11.5 Å². The number of benzene rings is 1. The van der Waals surface area contributed by atoms with Crippen LogP contribution in [0.25, 0.3) is 0 Å². The molecule has 0 radical (unpaired) electrons. The molecule has 1 fully saturated rings. The van der Waals surface area contributed by atoms with Crippen LogP contribution in [0.4, 0.5) is 0 Å². The van der Waals surface area contributed by atoms with E-state index in [9.17, 15) is 9.59 Å². The molecule has 1 aliphatic heterocycles. The van der Waals surface area contributed by atoms with Gasteiger partial charge < -0.3 is 19.3 Å². The highest BCUT2D eigenvalue weighted by molar-refractivity contribution is 5.97. The van der Waals surface area contributed by atoms with Gasteiger partial charge in [0.15, 0.2) is 0 Å². The van der Waals surface area contributed by atoms with Crippen LogP contribution in [-0.2, 0) is 11.3 Å². The molecule has 2 heterocycles. The van der Waals surface area contributed by atoms with Crippen LogP contribution in [0.15, 0.2) is 24.3 Å². The molecule has 29 heavy (non-hydrogen) atoms. The number of nitrogens with zero attached hydrogens (tertiary/aromatic N) is 4. The second-order valence-corrected chi connectivity index (χ2v) is 7.14.